The van der Waals surface area contributed by atoms with E-state index >= 15 is 0 Å². The first kappa shape index (κ1) is 15.0. The molecule has 0 aliphatic carbocycles. The lowest BCUT2D eigenvalue weighted by Gasteiger charge is -2.35. The Morgan fingerprint density at radius 3 is 2.55 bits per heavy atom. The van der Waals surface area contributed by atoms with Gasteiger partial charge in [0.05, 0.1) is 6.04 Å². The molecule has 1 fully saturated rings. The number of carbonyl (C=O) groups is 2. The minimum Gasteiger partial charge on any atom is -0.370 e. The zero-order valence-electron chi connectivity index (χ0n) is 12.8. The van der Waals surface area contributed by atoms with E-state index in [1.165, 1.54) is 11.1 Å². The van der Waals surface area contributed by atoms with Crippen LogP contribution in [0.5, 0.6) is 0 Å². The SMILES string of the molecule is NC(=O)CC1CCN(C(=O)C2Cc3ccccc3CN2)CC1. The molecular formula is C17H23N3O2. The summed E-state index contributed by atoms with van der Waals surface area (Å²) in [5, 5.41) is 3.35. The zero-order chi connectivity index (χ0) is 15.5. The summed E-state index contributed by atoms with van der Waals surface area (Å²) in [6.45, 7) is 2.22. The number of nitrogens with one attached hydrogen (secondary N) is 1. The van der Waals surface area contributed by atoms with E-state index in [0.29, 0.717) is 12.3 Å². The zero-order valence-corrected chi connectivity index (χ0v) is 12.8. The van der Waals surface area contributed by atoms with Crippen LogP contribution in [0.2, 0.25) is 0 Å². The van der Waals surface area contributed by atoms with Crippen LogP contribution in [-0.2, 0) is 22.6 Å². The lowest BCUT2D eigenvalue weighted by Crippen LogP contribution is -2.51. The van der Waals surface area contributed by atoms with Crippen molar-refractivity contribution in [2.75, 3.05) is 13.1 Å². The van der Waals surface area contributed by atoms with E-state index in [1.54, 1.807) is 0 Å². The van der Waals surface area contributed by atoms with Crippen molar-refractivity contribution in [3.8, 4) is 0 Å². The molecule has 3 rings (SSSR count). The minimum absolute atomic E-state index is 0.123. The third kappa shape index (κ3) is 3.30. The van der Waals surface area contributed by atoms with Gasteiger partial charge in [-0.2, -0.15) is 0 Å². The van der Waals surface area contributed by atoms with Gasteiger partial charge in [0.2, 0.25) is 11.8 Å². The fourth-order valence-corrected chi connectivity index (χ4v) is 3.49. The Morgan fingerprint density at radius 1 is 1.18 bits per heavy atom. The quantitative estimate of drug-likeness (QED) is 0.868. The summed E-state index contributed by atoms with van der Waals surface area (Å²) in [7, 11) is 0. The molecule has 0 saturated carbocycles. The maximum absolute atomic E-state index is 12.7. The number of rotatable bonds is 3. The van der Waals surface area contributed by atoms with E-state index in [2.05, 4.69) is 17.4 Å². The number of nitrogens with zero attached hydrogens (tertiary/aromatic N) is 1. The second-order valence-corrected chi connectivity index (χ2v) is 6.35. The van der Waals surface area contributed by atoms with Gasteiger partial charge in [-0.05, 0) is 36.3 Å². The van der Waals surface area contributed by atoms with Gasteiger partial charge < -0.3 is 16.0 Å². The molecule has 2 heterocycles. The molecular weight excluding hydrogens is 278 g/mol. The maximum atomic E-state index is 12.7. The van der Waals surface area contributed by atoms with E-state index < -0.39 is 0 Å². The summed E-state index contributed by atoms with van der Waals surface area (Å²) in [6, 6.07) is 8.16. The monoisotopic (exact) mass is 301 g/mol. The number of likely N-dealkylation sites (tertiary alicyclic amines) is 1. The molecule has 22 heavy (non-hydrogen) atoms. The number of piperidine rings is 1. The van der Waals surface area contributed by atoms with Gasteiger partial charge in [0.1, 0.15) is 0 Å². The fourth-order valence-electron chi connectivity index (χ4n) is 3.49. The lowest BCUT2D eigenvalue weighted by atomic mass is 9.91. The molecule has 0 spiro atoms. The summed E-state index contributed by atoms with van der Waals surface area (Å²) >= 11 is 0. The highest BCUT2D eigenvalue weighted by atomic mass is 16.2. The number of amides is 2. The number of hydrogen-bond acceptors (Lipinski definition) is 3. The number of nitrogens with two attached hydrogens (primary N) is 1. The van der Waals surface area contributed by atoms with Crippen LogP contribution >= 0.6 is 0 Å². The first-order valence-electron chi connectivity index (χ1n) is 8.00. The smallest absolute Gasteiger partial charge is 0.240 e. The van der Waals surface area contributed by atoms with Gasteiger partial charge in [-0.3, -0.25) is 9.59 Å². The van der Waals surface area contributed by atoms with Crippen LogP contribution in [0.15, 0.2) is 24.3 Å². The highest BCUT2D eigenvalue weighted by Gasteiger charge is 2.30. The van der Waals surface area contributed by atoms with Crippen molar-refractivity contribution < 1.29 is 9.59 Å². The fraction of sp³-hybridized carbons (Fsp3) is 0.529. The summed E-state index contributed by atoms with van der Waals surface area (Å²) < 4.78 is 0. The second kappa shape index (κ2) is 6.48. The highest BCUT2D eigenvalue weighted by molar-refractivity contribution is 5.82. The van der Waals surface area contributed by atoms with Crippen molar-refractivity contribution in [2.45, 2.75) is 38.3 Å². The topological polar surface area (TPSA) is 75.4 Å². The Kier molecular flexibility index (Phi) is 4.43. The molecule has 0 aromatic heterocycles. The summed E-state index contributed by atoms with van der Waals surface area (Å²) in [5.41, 5.74) is 7.80. The van der Waals surface area contributed by atoms with E-state index in [9.17, 15) is 9.59 Å². The molecule has 118 valence electrons. The van der Waals surface area contributed by atoms with Crippen LogP contribution in [0.4, 0.5) is 0 Å². The predicted octanol–water partition coefficient (Wildman–Crippen LogP) is 0.815. The van der Waals surface area contributed by atoms with E-state index in [0.717, 1.165) is 38.9 Å². The number of benzene rings is 1. The van der Waals surface area contributed by atoms with Crippen molar-refractivity contribution in [2.24, 2.45) is 11.7 Å². The average molecular weight is 301 g/mol. The number of carbonyl (C=O) groups excluding carboxylic acids is 2. The van der Waals surface area contributed by atoms with Crippen LogP contribution in [0.3, 0.4) is 0 Å². The summed E-state index contributed by atoms with van der Waals surface area (Å²) in [5.74, 6) is 0.281. The summed E-state index contributed by atoms with van der Waals surface area (Å²) in [4.78, 5) is 25.6. The molecule has 1 saturated heterocycles. The highest BCUT2D eigenvalue weighted by Crippen LogP contribution is 2.22. The molecule has 2 aliphatic rings. The molecule has 0 bridgehead atoms. The normalized spacial score (nSPS) is 22.2. The van der Waals surface area contributed by atoms with Gasteiger partial charge in [-0.15, -0.1) is 0 Å². The molecule has 3 N–H and O–H groups in total. The number of fused-ring (bicyclic) bond motifs is 1. The second-order valence-electron chi connectivity index (χ2n) is 6.35. The van der Waals surface area contributed by atoms with Gasteiger partial charge in [0.25, 0.3) is 0 Å². The molecule has 1 atom stereocenters. The Bertz CT molecular complexity index is 565. The van der Waals surface area contributed by atoms with Gasteiger partial charge in [0, 0.05) is 26.1 Å². The van der Waals surface area contributed by atoms with Gasteiger partial charge >= 0.3 is 0 Å². The Balaban J connectivity index is 1.56. The van der Waals surface area contributed by atoms with Crippen molar-refractivity contribution in [1.29, 1.82) is 0 Å². The Hall–Kier alpha value is -1.88. The molecule has 2 amide bonds. The third-order valence-corrected chi connectivity index (χ3v) is 4.80. The van der Waals surface area contributed by atoms with Gasteiger partial charge in [-0.1, -0.05) is 24.3 Å². The number of primary amides is 1. The van der Waals surface area contributed by atoms with Crippen LogP contribution in [-0.4, -0.2) is 35.8 Å². The summed E-state index contributed by atoms with van der Waals surface area (Å²) in [6.07, 6.45) is 2.95. The average Bonchev–Trinajstić information content (AvgIpc) is 2.54. The van der Waals surface area contributed by atoms with Crippen molar-refractivity contribution >= 4 is 11.8 Å². The Labute approximate surface area is 130 Å². The first-order valence-corrected chi connectivity index (χ1v) is 8.00. The van der Waals surface area contributed by atoms with E-state index in [4.69, 9.17) is 5.73 Å². The molecule has 1 unspecified atom stereocenters. The molecule has 5 heteroatoms. The molecule has 1 aromatic rings. The standard InChI is InChI=1S/C17H23N3O2/c18-16(21)9-12-5-7-20(8-6-12)17(22)15-10-13-3-1-2-4-14(13)11-19-15/h1-4,12,15,19H,5-11H2,(H2,18,21). The van der Waals surface area contributed by atoms with Crippen LogP contribution in [0, 0.1) is 5.92 Å². The predicted molar refractivity (Wildman–Crippen MR) is 83.9 cm³/mol. The maximum Gasteiger partial charge on any atom is 0.240 e. The van der Waals surface area contributed by atoms with Crippen LogP contribution in [0.1, 0.15) is 30.4 Å². The molecule has 2 aliphatic heterocycles. The van der Waals surface area contributed by atoms with Gasteiger partial charge in [-0.25, -0.2) is 0 Å². The lowest BCUT2D eigenvalue weighted by molar-refractivity contribution is -0.135. The Morgan fingerprint density at radius 2 is 1.86 bits per heavy atom. The minimum atomic E-state index is -0.240. The number of hydrogen-bond donors (Lipinski definition) is 2. The van der Waals surface area contributed by atoms with Crippen LogP contribution < -0.4 is 11.1 Å². The molecule has 0 radical (unpaired) electrons. The molecule has 1 aromatic carbocycles. The van der Waals surface area contributed by atoms with E-state index in [1.807, 2.05) is 17.0 Å². The molecule has 5 nitrogen and oxygen atoms in total. The first-order chi connectivity index (χ1) is 10.6. The third-order valence-electron chi connectivity index (χ3n) is 4.80. The van der Waals surface area contributed by atoms with Crippen molar-refractivity contribution in [1.82, 2.24) is 10.2 Å². The van der Waals surface area contributed by atoms with Gasteiger partial charge in [0.15, 0.2) is 0 Å². The van der Waals surface area contributed by atoms with Crippen molar-refractivity contribution in [3.63, 3.8) is 0 Å². The van der Waals surface area contributed by atoms with Crippen molar-refractivity contribution in [3.05, 3.63) is 35.4 Å². The van der Waals surface area contributed by atoms with E-state index in [-0.39, 0.29) is 17.9 Å². The van der Waals surface area contributed by atoms with Crippen LogP contribution in [0.25, 0.3) is 0 Å². The largest absolute Gasteiger partial charge is 0.370 e.